The van der Waals surface area contributed by atoms with Gasteiger partial charge < -0.3 is 14.1 Å². The highest BCUT2D eigenvalue weighted by atomic mass is 35.5. The van der Waals surface area contributed by atoms with Crippen molar-refractivity contribution in [2.45, 2.75) is 11.4 Å². The Labute approximate surface area is 195 Å². The van der Waals surface area contributed by atoms with Gasteiger partial charge in [0.25, 0.3) is 15.9 Å². The molecule has 0 radical (unpaired) electrons. The first kappa shape index (κ1) is 24.3. The summed E-state index contributed by atoms with van der Waals surface area (Å²) in [6.45, 7) is -0.383. The number of carbonyl (C=O) groups is 2. The van der Waals surface area contributed by atoms with Gasteiger partial charge in [0.05, 0.1) is 34.0 Å². The molecule has 0 N–H and O–H groups in total. The van der Waals surface area contributed by atoms with Crippen molar-refractivity contribution in [3.05, 3.63) is 83.0 Å². The summed E-state index contributed by atoms with van der Waals surface area (Å²) in [7, 11) is -1.28. The van der Waals surface area contributed by atoms with Gasteiger partial charge in [-0.2, -0.15) is 0 Å². The summed E-state index contributed by atoms with van der Waals surface area (Å²) in [4.78, 5) is 25.8. The van der Waals surface area contributed by atoms with E-state index in [1.54, 1.807) is 12.1 Å². The summed E-state index contributed by atoms with van der Waals surface area (Å²) in [5.41, 5.74) is 0.00685. The molecule has 174 valence electrons. The number of rotatable bonds is 8. The number of esters is 1. The van der Waals surface area contributed by atoms with Crippen LogP contribution in [0.2, 0.25) is 5.02 Å². The number of sulfonamides is 1. The highest BCUT2D eigenvalue weighted by molar-refractivity contribution is 7.92. The SMILES string of the molecule is CN(Cc1ccco1)C(=O)COC(=O)c1cc(S(=O)(=O)N(C)c2ccc(F)cc2)ccc1Cl. The van der Waals surface area contributed by atoms with Gasteiger partial charge in [-0.15, -0.1) is 0 Å². The molecular formula is C22H20ClFN2O6S. The Morgan fingerprint density at radius 3 is 2.42 bits per heavy atom. The van der Waals surface area contributed by atoms with E-state index in [-0.39, 0.29) is 27.7 Å². The minimum Gasteiger partial charge on any atom is -0.467 e. The van der Waals surface area contributed by atoms with Crippen LogP contribution in [0.15, 0.2) is 70.2 Å². The Bertz CT molecular complexity index is 1250. The fraction of sp³-hybridized carbons (Fsp3) is 0.182. The van der Waals surface area contributed by atoms with Gasteiger partial charge in [-0.3, -0.25) is 9.10 Å². The van der Waals surface area contributed by atoms with E-state index in [0.29, 0.717) is 5.76 Å². The molecule has 11 heteroatoms. The van der Waals surface area contributed by atoms with Crippen molar-refractivity contribution in [2.24, 2.45) is 0 Å². The molecule has 0 unspecified atom stereocenters. The van der Waals surface area contributed by atoms with E-state index in [1.165, 1.54) is 49.5 Å². The maximum absolute atomic E-state index is 13.2. The van der Waals surface area contributed by atoms with E-state index in [4.69, 9.17) is 20.8 Å². The maximum atomic E-state index is 13.2. The predicted octanol–water partition coefficient (Wildman–Crippen LogP) is 3.71. The summed E-state index contributed by atoms with van der Waals surface area (Å²) in [6.07, 6.45) is 1.48. The van der Waals surface area contributed by atoms with E-state index in [9.17, 15) is 22.4 Å². The summed E-state index contributed by atoms with van der Waals surface area (Å²) in [5.74, 6) is -1.40. The standard InChI is InChI=1S/C22H20ClFN2O6S/c1-25(13-17-4-3-11-31-17)21(27)14-32-22(28)19-12-18(9-10-20(19)23)33(29,30)26(2)16-7-5-15(24)6-8-16/h3-12H,13-14H2,1-2H3. The average Bonchev–Trinajstić information content (AvgIpc) is 3.30. The lowest BCUT2D eigenvalue weighted by Crippen LogP contribution is -2.30. The molecular weight excluding hydrogens is 475 g/mol. The van der Waals surface area contributed by atoms with Gasteiger partial charge in [-0.25, -0.2) is 17.6 Å². The number of likely N-dealkylation sites (N-methyl/N-ethyl adjacent to an activating group) is 1. The van der Waals surface area contributed by atoms with Crippen molar-refractivity contribution < 1.29 is 31.6 Å². The number of benzene rings is 2. The lowest BCUT2D eigenvalue weighted by atomic mass is 10.2. The molecule has 1 aromatic heterocycles. The van der Waals surface area contributed by atoms with Crippen LogP contribution >= 0.6 is 11.6 Å². The molecule has 0 aliphatic heterocycles. The molecule has 1 amide bonds. The van der Waals surface area contributed by atoms with Crippen molar-refractivity contribution in [1.82, 2.24) is 4.90 Å². The van der Waals surface area contributed by atoms with Crippen LogP contribution in [-0.2, 0) is 26.1 Å². The minimum atomic E-state index is -4.09. The molecule has 0 spiro atoms. The van der Waals surface area contributed by atoms with Gasteiger partial charge in [0.2, 0.25) is 0 Å². The van der Waals surface area contributed by atoms with Crippen molar-refractivity contribution in [2.75, 3.05) is 25.0 Å². The van der Waals surface area contributed by atoms with E-state index >= 15 is 0 Å². The van der Waals surface area contributed by atoms with Crippen molar-refractivity contribution in [1.29, 1.82) is 0 Å². The first-order valence-corrected chi connectivity index (χ1v) is 11.4. The van der Waals surface area contributed by atoms with Gasteiger partial charge in [-0.05, 0) is 54.6 Å². The van der Waals surface area contributed by atoms with Gasteiger partial charge in [-0.1, -0.05) is 11.6 Å². The van der Waals surface area contributed by atoms with E-state index in [0.717, 1.165) is 22.5 Å². The van der Waals surface area contributed by atoms with Crippen LogP contribution in [0.1, 0.15) is 16.1 Å². The van der Waals surface area contributed by atoms with E-state index in [1.807, 2.05) is 0 Å². The summed E-state index contributed by atoms with van der Waals surface area (Å²) in [6, 6.07) is 11.8. The van der Waals surface area contributed by atoms with Crippen LogP contribution < -0.4 is 4.31 Å². The Hall–Kier alpha value is -3.37. The van der Waals surface area contributed by atoms with E-state index < -0.39 is 34.3 Å². The summed E-state index contributed by atoms with van der Waals surface area (Å²) >= 11 is 6.07. The fourth-order valence-electron chi connectivity index (χ4n) is 2.81. The second kappa shape index (κ2) is 10.1. The largest absolute Gasteiger partial charge is 0.467 e. The smallest absolute Gasteiger partial charge is 0.340 e. The highest BCUT2D eigenvalue weighted by Gasteiger charge is 2.25. The third kappa shape index (κ3) is 5.71. The fourth-order valence-corrected chi connectivity index (χ4v) is 4.23. The molecule has 33 heavy (non-hydrogen) atoms. The Morgan fingerprint density at radius 1 is 1.09 bits per heavy atom. The number of carbonyl (C=O) groups excluding carboxylic acids is 2. The minimum absolute atomic E-state index is 0.0419. The lowest BCUT2D eigenvalue weighted by molar-refractivity contribution is -0.133. The molecule has 0 aliphatic rings. The zero-order valence-corrected chi connectivity index (χ0v) is 19.3. The molecule has 2 aromatic carbocycles. The topological polar surface area (TPSA) is 97.1 Å². The van der Waals surface area contributed by atoms with Gasteiger partial charge in [0.1, 0.15) is 11.6 Å². The van der Waals surface area contributed by atoms with Crippen molar-refractivity contribution >= 4 is 39.2 Å². The first-order chi connectivity index (χ1) is 15.6. The van der Waals surface area contributed by atoms with Gasteiger partial charge in [0.15, 0.2) is 6.61 Å². The first-order valence-electron chi connectivity index (χ1n) is 9.57. The maximum Gasteiger partial charge on any atom is 0.340 e. The van der Waals surface area contributed by atoms with Crippen molar-refractivity contribution in [3.8, 4) is 0 Å². The van der Waals surface area contributed by atoms with Crippen molar-refractivity contribution in [3.63, 3.8) is 0 Å². The number of furan rings is 1. The Kier molecular flexibility index (Phi) is 7.39. The van der Waals surface area contributed by atoms with Gasteiger partial charge >= 0.3 is 5.97 Å². The lowest BCUT2D eigenvalue weighted by Gasteiger charge is -2.20. The average molecular weight is 495 g/mol. The van der Waals surface area contributed by atoms with E-state index in [2.05, 4.69) is 0 Å². The number of amides is 1. The Balaban J connectivity index is 1.72. The number of hydrogen-bond donors (Lipinski definition) is 0. The predicted molar refractivity (Wildman–Crippen MR) is 119 cm³/mol. The normalized spacial score (nSPS) is 11.2. The number of nitrogens with zero attached hydrogens (tertiary/aromatic N) is 2. The van der Waals surface area contributed by atoms with Crippen LogP contribution in [-0.4, -0.2) is 45.9 Å². The number of hydrogen-bond acceptors (Lipinski definition) is 6. The summed E-state index contributed by atoms with van der Waals surface area (Å²) in [5, 5.41) is -0.0419. The van der Waals surface area contributed by atoms with Crippen LogP contribution in [0.3, 0.4) is 0 Å². The summed E-state index contributed by atoms with van der Waals surface area (Å²) < 4.78 is 50.3. The third-order valence-electron chi connectivity index (χ3n) is 4.73. The zero-order chi connectivity index (χ0) is 24.2. The van der Waals surface area contributed by atoms with Crippen LogP contribution in [0, 0.1) is 5.82 Å². The van der Waals surface area contributed by atoms with Gasteiger partial charge in [0, 0.05) is 14.1 Å². The number of anilines is 1. The molecule has 0 atom stereocenters. The third-order valence-corrected chi connectivity index (χ3v) is 6.84. The monoisotopic (exact) mass is 494 g/mol. The zero-order valence-electron chi connectivity index (χ0n) is 17.7. The highest BCUT2D eigenvalue weighted by Crippen LogP contribution is 2.26. The molecule has 0 fully saturated rings. The molecule has 0 aliphatic carbocycles. The molecule has 1 heterocycles. The second-order valence-corrected chi connectivity index (χ2v) is 9.37. The molecule has 0 bridgehead atoms. The molecule has 0 saturated carbocycles. The van der Waals surface area contributed by atoms with Crippen LogP contribution in [0.5, 0.6) is 0 Å². The molecule has 0 saturated heterocycles. The second-order valence-electron chi connectivity index (χ2n) is 7.00. The van der Waals surface area contributed by atoms with Crippen LogP contribution in [0.4, 0.5) is 10.1 Å². The quantitative estimate of drug-likeness (QED) is 0.443. The number of ether oxygens (including phenoxy) is 1. The molecule has 8 nitrogen and oxygen atoms in total. The van der Waals surface area contributed by atoms with Crippen LogP contribution in [0.25, 0.3) is 0 Å². The molecule has 3 aromatic rings. The Morgan fingerprint density at radius 2 is 1.79 bits per heavy atom. The molecule has 3 rings (SSSR count). The number of halogens is 2.